The Bertz CT molecular complexity index is 1040. The third-order valence-corrected chi connectivity index (χ3v) is 5.33. The number of nitrogens with zero attached hydrogens (tertiary/aromatic N) is 2. The second kappa shape index (κ2) is 5.31. The molecule has 1 N–H and O–H groups in total. The van der Waals surface area contributed by atoms with Gasteiger partial charge >= 0.3 is 0 Å². The Labute approximate surface area is 146 Å². The molecule has 1 aliphatic heterocycles. The molecule has 3 aromatic rings. The van der Waals surface area contributed by atoms with E-state index in [0.29, 0.717) is 6.42 Å². The molecule has 124 valence electrons. The molecule has 0 bridgehead atoms. The lowest BCUT2D eigenvalue weighted by atomic mass is 9.84. The predicted octanol–water partition coefficient (Wildman–Crippen LogP) is 4.37. The van der Waals surface area contributed by atoms with Crippen LogP contribution in [0.15, 0.2) is 59.8 Å². The molecule has 0 fully saturated rings. The summed E-state index contributed by atoms with van der Waals surface area (Å²) in [7, 11) is 0. The third kappa shape index (κ3) is 2.07. The molecule has 4 heteroatoms. The standard InChI is InChI=1S/C21H19N3O/c1-13-7-2-3-8-14(13)20-19-16(10-6-12-18(19)25)23-21-22-15-9-4-5-11-17(15)24(20)21/h2-5,7-9,11,20H,6,10,12H2,1H3,(H,22,23)/t20-/m1/s1. The first-order chi connectivity index (χ1) is 12.2. The molecule has 5 rings (SSSR count). The Morgan fingerprint density at radius 2 is 1.88 bits per heavy atom. The first-order valence-corrected chi connectivity index (χ1v) is 8.80. The number of benzene rings is 2. The largest absolute Gasteiger partial charge is 0.329 e. The molecule has 0 saturated heterocycles. The fourth-order valence-corrected chi connectivity index (χ4v) is 4.16. The number of rotatable bonds is 1. The van der Waals surface area contributed by atoms with Crippen LogP contribution in [0.3, 0.4) is 0 Å². The average molecular weight is 329 g/mol. The number of aryl methyl sites for hydroxylation is 1. The second-order valence-electron chi connectivity index (χ2n) is 6.85. The van der Waals surface area contributed by atoms with E-state index >= 15 is 0 Å². The number of hydrogen-bond acceptors (Lipinski definition) is 3. The molecular formula is C21H19N3O. The summed E-state index contributed by atoms with van der Waals surface area (Å²) < 4.78 is 2.19. The highest BCUT2D eigenvalue weighted by Gasteiger charge is 2.36. The van der Waals surface area contributed by atoms with Crippen molar-refractivity contribution in [2.24, 2.45) is 0 Å². The molecular weight excluding hydrogens is 310 g/mol. The van der Waals surface area contributed by atoms with Gasteiger partial charge in [0.2, 0.25) is 5.95 Å². The van der Waals surface area contributed by atoms with Crippen LogP contribution in [0.2, 0.25) is 0 Å². The lowest BCUT2D eigenvalue weighted by Gasteiger charge is -2.34. The normalized spacial score (nSPS) is 19.6. The van der Waals surface area contributed by atoms with Crippen molar-refractivity contribution in [1.82, 2.24) is 9.55 Å². The van der Waals surface area contributed by atoms with E-state index in [1.165, 1.54) is 11.1 Å². The van der Waals surface area contributed by atoms with Gasteiger partial charge in [-0.2, -0.15) is 0 Å². The molecule has 0 saturated carbocycles. The zero-order chi connectivity index (χ0) is 17.0. The average Bonchev–Trinajstić information content (AvgIpc) is 2.99. The van der Waals surface area contributed by atoms with Crippen molar-refractivity contribution in [2.45, 2.75) is 32.2 Å². The van der Waals surface area contributed by atoms with E-state index in [9.17, 15) is 4.79 Å². The summed E-state index contributed by atoms with van der Waals surface area (Å²) in [4.78, 5) is 17.6. The highest BCUT2D eigenvalue weighted by Crippen LogP contribution is 2.43. The van der Waals surface area contributed by atoms with Crippen LogP contribution in [0, 0.1) is 6.92 Å². The Morgan fingerprint density at radius 1 is 1.08 bits per heavy atom. The van der Waals surface area contributed by atoms with E-state index in [-0.39, 0.29) is 11.8 Å². The minimum absolute atomic E-state index is 0.104. The van der Waals surface area contributed by atoms with Crippen molar-refractivity contribution in [3.63, 3.8) is 0 Å². The van der Waals surface area contributed by atoms with E-state index in [1.807, 2.05) is 24.3 Å². The molecule has 0 spiro atoms. The second-order valence-corrected chi connectivity index (χ2v) is 6.85. The van der Waals surface area contributed by atoms with Gasteiger partial charge in [-0.15, -0.1) is 0 Å². The van der Waals surface area contributed by atoms with Gasteiger partial charge in [-0.3, -0.25) is 9.36 Å². The van der Waals surface area contributed by atoms with Crippen molar-refractivity contribution in [3.05, 3.63) is 70.9 Å². The summed E-state index contributed by atoms with van der Waals surface area (Å²) in [6.07, 6.45) is 2.45. The monoisotopic (exact) mass is 329 g/mol. The Balaban J connectivity index is 1.85. The van der Waals surface area contributed by atoms with Crippen LogP contribution in [-0.4, -0.2) is 15.3 Å². The number of ketones is 1. The van der Waals surface area contributed by atoms with Crippen LogP contribution < -0.4 is 5.32 Å². The summed E-state index contributed by atoms with van der Waals surface area (Å²) in [5, 5.41) is 3.45. The molecule has 0 radical (unpaired) electrons. The van der Waals surface area contributed by atoms with E-state index in [0.717, 1.165) is 41.1 Å². The predicted molar refractivity (Wildman–Crippen MR) is 98.6 cm³/mol. The highest BCUT2D eigenvalue weighted by atomic mass is 16.1. The van der Waals surface area contributed by atoms with Crippen LogP contribution >= 0.6 is 0 Å². The Kier molecular flexibility index (Phi) is 3.07. The van der Waals surface area contributed by atoms with E-state index in [2.05, 4.69) is 41.1 Å². The minimum Gasteiger partial charge on any atom is -0.329 e. The van der Waals surface area contributed by atoms with Gasteiger partial charge in [0.25, 0.3) is 0 Å². The number of para-hydroxylation sites is 2. The van der Waals surface area contributed by atoms with Crippen molar-refractivity contribution < 1.29 is 4.79 Å². The summed E-state index contributed by atoms with van der Waals surface area (Å²) >= 11 is 0. The SMILES string of the molecule is Cc1ccccc1[C@@H]1C2=C(CCCC2=O)Nc2nc3ccccc3n21. The molecule has 1 aromatic heterocycles. The van der Waals surface area contributed by atoms with Crippen molar-refractivity contribution in [1.29, 1.82) is 0 Å². The molecule has 1 atom stereocenters. The van der Waals surface area contributed by atoms with Crippen LogP contribution in [-0.2, 0) is 4.79 Å². The van der Waals surface area contributed by atoms with Crippen LogP contribution in [0.25, 0.3) is 11.0 Å². The molecule has 4 nitrogen and oxygen atoms in total. The molecule has 2 heterocycles. The first-order valence-electron chi connectivity index (χ1n) is 8.80. The summed E-state index contributed by atoms with van der Waals surface area (Å²) in [6, 6.07) is 16.4. The quantitative estimate of drug-likeness (QED) is 0.721. The fourth-order valence-electron chi connectivity index (χ4n) is 4.16. The third-order valence-electron chi connectivity index (χ3n) is 5.33. The van der Waals surface area contributed by atoms with Crippen LogP contribution in [0.5, 0.6) is 0 Å². The van der Waals surface area contributed by atoms with Crippen molar-refractivity contribution in [2.75, 3.05) is 5.32 Å². The number of Topliss-reactive ketones (excluding diaryl/α,β-unsaturated/α-hetero) is 1. The molecule has 1 aliphatic carbocycles. The van der Waals surface area contributed by atoms with Crippen molar-refractivity contribution in [3.8, 4) is 0 Å². The Hall–Kier alpha value is -2.88. The minimum atomic E-state index is -0.104. The van der Waals surface area contributed by atoms with Crippen molar-refractivity contribution >= 4 is 22.8 Å². The Morgan fingerprint density at radius 3 is 2.76 bits per heavy atom. The number of anilines is 1. The summed E-state index contributed by atoms with van der Waals surface area (Å²) in [5.41, 5.74) is 6.35. The number of nitrogens with one attached hydrogen (secondary N) is 1. The van der Waals surface area contributed by atoms with Gasteiger partial charge in [0, 0.05) is 17.7 Å². The van der Waals surface area contributed by atoms with E-state index in [4.69, 9.17) is 4.98 Å². The zero-order valence-electron chi connectivity index (χ0n) is 14.1. The molecule has 25 heavy (non-hydrogen) atoms. The number of carbonyl (C=O) groups excluding carboxylic acids is 1. The molecule has 0 amide bonds. The van der Waals surface area contributed by atoms with Gasteiger partial charge in [-0.05, 0) is 43.0 Å². The maximum atomic E-state index is 12.9. The topological polar surface area (TPSA) is 46.9 Å². The van der Waals surface area contributed by atoms with Gasteiger partial charge < -0.3 is 5.32 Å². The molecule has 0 unspecified atom stereocenters. The maximum Gasteiger partial charge on any atom is 0.209 e. The molecule has 2 aromatic carbocycles. The number of fused-ring (bicyclic) bond motifs is 3. The lowest BCUT2D eigenvalue weighted by molar-refractivity contribution is -0.116. The van der Waals surface area contributed by atoms with Gasteiger partial charge in [0.15, 0.2) is 5.78 Å². The van der Waals surface area contributed by atoms with Crippen LogP contribution in [0.4, 0.5) is 5.95 Å². The van der Waals surface area contributed by atoms with E-state index in [1.54, 1.807) is 0 Å². The smallest absolute Gasteiger partial charge is 0.209 e. The summed E-state index contributed by atoms with van der Waals surface area (Å²) in [6.45, 7) is 2.11. The van der Waals surface area contributed by atoms with Gasteiger partial charge in [-0.25, -0.2) is 4.98 Å². The fraction of sp³-hybridized carbons (Fsp3) is 0.238. The zero-order valence-corrected chi connectivity index (χ0v) is 14.1. The number of hydrogen-bond donors (Lipinski definition) is 1. The van der Waals surface area contributed by atoms with Gasteiger partial charge in [-0.1, -0.05) is 36.4 Å². The van der Waals surface area contributed by atoms with Gasteiger partial charge in [0.1, 0.15) is 0 Å². The van der Waals surface area contributed by atoms with E-state index < -0.39 is 0 Å². The van der Waals surface area contributed by atoms with Crippen LogP contribution in [0.1, 0.15) is 36.4 Å². The van der Waals surface area contributed by atoms with Gasteiger partial charge in [0.05, 0.1) is 17.1 Å². The molecule has 2 aliphatic rings. The number of carbonyl (C=O) groups is 1. The maximum absolute atomic E-state index is 12.9. The number of imidazole rings is 1. The first kappa shape index (κ1) is 14.5. The number of allylic oxidation sites excluding steroid dienone is 2. The lowest BCUT2D eigenvalue weighted by Crippen LogP contribution is -2.31. The highest BCUT2D eigenvalue weighted by molar-refractivity contribution is 6.00. The summed E-state index contributed by atoms with van der Waals surface area (Å²) in [5.74, 6) is 1.09. The number of aromatic nitrogens is 2.